The zero-order valence-corrected chi connectivity index (χ0v) is 17.8. The molecule has 3 heterocycles. The predicted octanol–water partition coefficient (Wildman–Crippen LogP) is 3.32. The molecule has 0 radical (unpaired) electrons. The van der Waals surface area contributed by atoms with Crippen molar-refractivity contribution in [3.63, 3.8) is 0 Å². The van der Waals surface area contributed by atoms with Crippen LogP contribution in [-0.2, 0) is 17.6 Å². The molecule has 0 aliphatic carbocycles. The first-order chi connectivity index (χ1) is 15.2. The van der Waals surface area contributed by atoms with Crippen molar-refractivity contribution in [2.24, 2.45) is 0 Å². The van der Waals surface area contributed by atoms with Gasteiger partial charge in [0.2, 0.25) is 5.91 Å². The number of carbonyl (C=O) groups is 1. The second-order valence-electron chi connectivity index (χ2n) is 7.58. The quantitative estimate of drug-likeness (QED) is 0.550. The summed E-state index contributed by atoms with van der Waals surface area (Å²) in [7, 11) is 3.21. The van der Waals surface area contributed by atoms with E-state index in [9.17, 15) is 4.79 Å². The van der Waals surface area contributed by atoms with Crippen LogP contribution in [0.3, 0.4) is 0 Å². The van der Waals surface area contributed by atoms with Gasteiger partial charge in [-0.05, 0) is 49.1 Å². The number of benzene rings is 1. The van der Waals surface area contributed by atoms with Crippen LogP contribution in [0.5, 0.6) is 11.5 Å². The average molecular weight is 422 g/mol. The number of aryl methyl sites for hydroxylation is 1. The monoisotopic (exact) mass is 422 g/mol. The summed E-state index contributed by atoms with van der Waals surface area (Å²) in [5, 5.41) is 4.08. The first-order valence-corrected chi connectivity index (χ1v) is 10.4. The molecule has 0 saturated carbocycles. The number of hydrogen-bond donors (Lipinski definition) is 0. The molecule has 1 fully saturated rings. The van der Waals surface area contributed by atoms with E-state index in [1.807, 2.05) is 29.2 Å². The minimum absolute atomic E-state index is 0.113. The van der Waals surface area contributed by atoms with Gasteiger partial charge in [0.15, 0.2) is 5.82 Å². The van der Waals surface area contributed by atoms with Gasteiger partial charge >= 0.3 is 0 Å². The maximum atomic E-state index is 13.0. The number of aromatic nitrogens is 3. The van der Waals surface area contributed by atoms with Gasteiger partial charge in [0, 0.05) is 37.5 Å². The molecule has 162 valence electrons. The van der Waals surface area contributed by atoms with Crippen LogP contribution in [0.15, 0.2) is 47.2 Å². The van der Waals surface area contributed by atoms with Gasteiger partial charge in [-0.3, -0.25) is 9.78 Å². The van der Waals surface area contributed by atoms with Crippen molar-refractivity contribution >= 4 is 5.91 Å². The Balaban J connectivity index is 1.37. The first kappa shape index (κ1) is 20.8. The molecule has 1 saturated heterocycles. The average Bonchev–Trinajstić information content (AvgIpc) is 3.47. The minimum atomic E-state index is 0.113. The van der Waals surface area contributed by atoms with Crippen LogP contribution in [0.2, 0.25) is 0 Å². The topological polar surface area (TPSA) is 90.6 Å². The van der Waals surface area contributed by atoms with Gasteiger partial charge in [-0.1, -0.05) is 5.16 Å². The van der Waals surface area contributed by atoms with Crippen molar-refractivity contribution in [3.05, 3.63) is 54.1 Å². The molecule has 4 rings (SSSR count). The van der Waals surface area contributed by atoms with Crippen molar-refractivity contribution < 1.29 is 18.8 Å². The summed E-state index contributed by atoms with van der Waals surface area (Å²) in [6.45, 7) is 0.776. The molecule has 31 heavy (non-hydrogen) atoms. The number of nitrogens with zero attached hydrogens (tertiary/aromatic N) is 4. The third kappa shape index (κ3) is 5.02. The number of hydrogen-bond acceptors (Lipinski definition) is 7. The van der Waals surface area contributed by atoms with Gasteiger partial charge < -0.3 is 18.9 Å². The SMILES string of the molecule is COc1cc(CC(=O)N2CCCC2CCc2noc(-c3cccnc3)n2)cc(OC)c1. The summed E-state index contributed by atoms with van der Waals surface area (Å²) in [5.74, 6) is 2.59. The molecule has 1 aromatic carbocycles. The van der Waals surface area contributed by atoms with E-state index in [1.165, 1.54) is 0 Å². The number of methoxy groups -OCH3 is 2. The molecule has 0 spiro atoms. The maximum absolute atomic E-state index is 13.0. The largest absolute Gasteiger partial charge is 0.497 e. The molecule has 3 aromatic rings. The lowest BCUT2D eigenvalue weighted by Crippen LogP contribution is -2.36. The Morgan fingerprint density at radius 3 is 2.74 bits per heavy atom. The van der Waals surface area contributed by atoms with Crippen molar-refractivity contribution in [3.8, 4) is 23.0 Å². The van der Waals surface area contributed by atoms with Crippen LogP contribution >= 0.6 is 0 Å². The second-order valence-corrected chi connectivity index (χ2v) is 7.58. The van der Waals surface area contributed by atoms with Gasteiger partial charge in [0.25, 0.3) is 5.89 Å². The van der Waals surface area contributed by atoms with Crippen molar-refractivity contribution in [2.45, 2.75) is 38.1 Å². The van der Waals surface area contributed by atoms with Gasteiger partial charge in [0.05, 0.1) is 26.2 Å². The summed E-state index contributed by atoms with van der Waals surface area (Å²) < 4.78 is 16.0. The van der Waals surface area contributed by atoms with E-state index in [1.54, 1.807) is 32.7 Å². The number of pyridine rings is 1. The normalized spacial score (nSPS) is 15.8. The highest BCUT2D eigenvalue weighted by molar-refractivity contribution is 5.79. The van der Waals surface area contributed by atoms with E-state index >= 15 is 0 Å². The van der Waals surface area contributed by atoms with Crippen molar-refractivity contribution in [1.29, 1.82) is 0 Å². The standard InChI is InChI=1S/C23H26N4O4/c1-29-19-11-16(12-20(14-19)30-2)13-22(28)27-10-4-6-18(27)7-8-21-25-23(31-26-21)17-5-3-9-24-15-17/h3,5,9,11-12,14-15,18H,4,6-8,10,13H2,1-2H3. The molecule has 1 aliphatic rings. The van der Waals surface area contributed by atoms with Crippen LogP contribution in [-0.4, -0.2) is 52.7 Å². The molecule has 2 aromatic heterocycles. The van der Waals surface area contributed by atoms with E-state index in [0.717, 1.165) is 36.9 Å². The number of carbonyl (C=O) groups excluding carboxylic acids is 1. The zero-order chi connectivity index (χ0) is 21.6. The third-order valence-corrected chi connectivity index (χ3v) is 5.54. The zero-order valence-electron chi connectivity index (χ0n) is 17.8. The Labute approximate surface area is 181 Å². The summed E-state index contributed by atoms with van der Waals surface area (Å²) in [6.07, 6.45) is 7.17. The fraction of sp³-hybridized carbons (Fsp3) is 0.391. The van der Waals surface area contributed by atoms with E-state index in [2.05, 4.69) is 15.1 Å². The number of rotatable bonds is 8. The molecule has 8 heteroatoms. The highest BCUT2D eigenvalue weighted by Gasteiger charge is 2.29. The van der Waals surface area contributed by atoms with Crippen LogP contribution < -0.4 is 9.47 Å². The smallest absolute Gasteiger partial charge is 0.259 e. The number of likely N-dealkylation sites (tertiary alicyclic amines) is 1. The molecular weight excluding hydrogens is 396 g/mol. The molecule has 1 atom stereocenters. The molecular formula is C23H26N4O4. The Hall–Kier alpha value is -3.42. The Morgan fingerprint density at radius 1 is 1.23 bits per heavy atom. The number of amides is 1. The second kappa shape index (κ2) is 9.59. The lowest BCUT2D eigenvalue weighted by molar-refractivity contribution is -0.131. The lowest BCUT2D eigenvalue weighted by atomic mass is 10.1. The fourth-order valence-corrected chi connectivity index (χ4v) is 3.97. The van der Waals surface area contributed by atoms with Gasteiger partial charge in [-0.15, -0.1) is 0 Å². The molecule has 1 unspecified atom stereocenters. The van der Waals surface area contributed by atoms with Gasteiger partial charge in [-0.2, -0.15) is 4.98 Å². The highest BCUT2D eigenvalue weighted by atomic mass is 16.5. The van der Waals surface area contributed by atoms with Crippen LogP contribution in [0.4, 0.5) is 0 Å². The summed E-state index contributed by atoms with van der Waals surface area (Å²) in [6, 6.07) is 9.46. The summed E-state index contributed by atoms with van der Waals surface area (Å²) in [5.41, 5.74) is 1.68. The van der Waals surface area contributed by atoms with Crippen molar-refractivity contribution in [2.75, 3.05) is 20.8 Å². The van der Waals surface area contributed by atoms with E-state index in [0.29, 0.717) is 36.1 Å². The molecule has 0 bridgehead atoms. The Kier molecular flexibility index (Phi) is 6.45. The van der Waals surface area contributed by atoms with Gasteiger partial charge in [-0.25, -0.2) is 0 Å². The Bertz CT molecular complexity index is 999. The first-order valence-electron chi connectivity index (χ1n) is 10.4. The summed E-state index contributed by atoms with van der Waals surface area (Å²) >= 11 is 0. The third-order valence-electron chi connectivity index (χ3n) is 5.54. The lowest BCUT2D eigenvalue weighted by Gasteiger charge is -2.24. The van der Waals surface area contributed by atoms with E-state index < -0.39 is 0 Å². The molecule has 1 amide bonds. The fourth-order valence-electron chi connectivity index (χ4n) is 3.97. The molecule has 0 N–H and O–H groups in total. The minimum Gasteiger partial charge on any atom is -0.497 e. The number of ether oxygens (including phenoxy) is 2. The van der Waals surface area contributed by atoms with Gasteiger partial charge in [0.1, 0.15) is 11.5 Å². The van der Waals surface area contributed by atoms with Crippen LogP contribution in [0.25, 0.3) is 11.5 Å². The van der Waals surface area contributed by atoms with Crippen LogP contribution in [0.1, 0.15) is 30.7 Å². The maximum Gasteiger partial charge on any atom is 0.259 e. The molecule has 1 aliphatic heterocycles. The predicted molar refractivity (Wildman–Crippen MR) is 114 cm³/mol. The van der Waals surface area contributed by atoms with Crippen molar-refractivity contribution in [1.82, 2.24) is 20.0 Å². The molecule has 8 nitrogen and oxygen atoms in total. The van der Waals surface area contributed by atoms with E-state index in [4.69, 9.17) is 14.0 Å². The highest BCUT2D eigenvalue weighted by Crippen LogP contribution is 2.26. The summed E-state index contributed by atoms with van der Waals surface area (Å²) in [4.78, 5) is 23.5. The van der Waals surface area contributed by atoms with E-state index in [-0.39, 0.29) is 11.9 Å². The Morgan fingerprint density at radius 2 is 2.03 bits per heavy atom. The van der Waals surface area contributed by atoms with Crippen LogP contribution in [0, 0.1) is 0 Å².